The fourth-order valence-electron chi connectivity index (χ4n) is 2.34. The number of aromatic nitrogens is 1. The Balaban J connectivity index is 1.57. The average molecular weight is 314 g/mol. The molecule has 0 aliphatic heterocycles. The third kappa shape index (κ3) is 4.40. The van der Waals surface area contributed by atoms with Crippen LogP contribution in [0.5, 0.6) is 0 Å². The molecule has 0 bridgehead atoms. The number of carbonyl (C=O) groups is 1. The Bertz CT molecular complexity index is 809. The van der Waals surface area contributed by atoms with Crippen molar-refractivity contribution in [2.24, 2.45) is 0 Å². The van der Waals surface area contributed by atoms with Gasteiger partial charge in [-0.2, -0.15) is 0 Å². The minimum Gasteiger partial charge on any atom is -0.348 e. The van der Waals surface area contributed by atoms with Crippen LogP contribution in [0.3, 0.4) is 0 Å². The van der Waals surface area contributed by atoms with Crippen molar-refractivity contribution in [3.05, 3.63) is 96.3 Å². The van der Waals surface area contributed by atoms with Crippen molar-refractivity contribution < 1.29 is 4.79 Å². The predicted octanol–water partition coefficient (Wildman–Crippen LogP) is 4.08. The topological polar surface area (TPSA) is 42.0 Å². The molecule has 0 atom stereocenters. The number of nitrogens with one attached hydrogen (secondary N) is 1. The van der Waals surface area contributed by atoms with Crippen LogP contribution in [-0.2, 0) is 11.3 Å². The Morgan fingerprint density at radius 3 is 2.38 bits per heavy atom. The van der Waals surface area contributed by atoms with Gasteiger partial charge in [-0.1, -0.05) is 60.7 Å². The van der Waals surface area contributed by atoms with Gasteiger partial charge in [-0.3, -0.25) is 9.78 Å². The zero-order chi connectivity index (χ0) is 16.6. The molecule has 0 radical (unpaired) electrons. The van der Waals surface area contributed by atoms with Crippen LogP contribution >= 0.6 is 0 Å². The normalized spacial score (nSPS) is 10.7. The molecule has 0 saturated carbocycles. The molecule has 0 spiro atoms. The number of hydrogen-bond acceptors (Lipinski definition) is 2. The number of hydrogen-bond donors (Lipinski definition) is 1. The second-order valence-corrected chi connectivity index (χ2v) is 5.40. The average Bonchev–Trinajstić information content (AvgIpc) is 2.67. The van der Waals surface area contributed by atoms with Crippen LogP contribution in [0.2, 0.25) is 0 Å². The molecule has 1 heterocycles. The molecule has 2 aromatic carbocycles. The Labute approximate surface area is 141 Å². The highest BCUT2D eigenvalue weighted by Gasteiger charge is 1.98. The molecule has 0 aliphatic carbocycles. The van der Waals surface area contributed by atoms with E-state index in [9.17, 15) is 4.79 Å². The van der Waals surface area contributed by atoms with E-state index < -0.39 is 0 Å². The number of nitrogens with zero attached hydrogens (tertiary/aromatic N) is 1. The van der Waals surface area contributed by atoms with Crippen LogP contribution in [-0.4, -0.2) is 10.9 Å². The first kappa shape index (κ1) is 15.7. The molecule has 3 nitrogen and oxygen atoms in total. The lowest BCUT2D eigenvalue weighted by atomic mass is 10.0. The largest absolute Gasteiger partial charge is 0.348 e. The highest BCUT2D eigenvalue weighted by atomic mass is 16.1. The first-order chi connectivity index (χ1) is 11.8. The lowest BCUT2D eigenvalue weighted by Crippen LogP contribution is -2.20. The van der Waals surface area contributed by atoms with Gasteiger partial charge in [0.1, 0.15) is 0 Å². The van der Waals surface area contributed by atoms with E-state index in [0.717, 1.165) is 16.7 Å². The van der Waals surface area contributed by atoms with E-state index in [2.05, 4.69) is 34.6 Å². The van der Waals surface area contributed by atoms with E-state index >= 15 is 0 Å². The molecule has 3 heteroatoms. The molecule has 0 unspecified atom stereocenters. The first-order valence-corrected chi connectivity index (χ1v) is 7.81. The third-order valence-corrected chi connectivity index (χ3v) is 3.63. The zero-order valence-corrected chi connectivity index (χ0v) is 13.2. The third-order valence-electron chi connectivity index (χ3n) is 3.63. The fraction of sp³-hybridized carbons (Fsp3) is 0.0476. The minimum absolute atomic E-state index is 0.119. The molecule has 1 N–H and O–H groups in total. The summed E-state index contributed by atoms with van der Waals surface area (Å²) in [5.74, 6) is -0.119. The summed E-state index contributed by atoms with van der Waals surface area (Å²) < 4.78 is 0. The molecule has 0 fully saturated rings. The van der Waals surface area contributed by atoms with E-state index in [1.54, 1.807) is 18.5 Å². The molecule has 3 aromatic rings. The van der Waals surface area contributed by atoms with E-state index in [4.69, 9.17) is 0 Å². The van der Waals surface area contributed by atoms with Crippen LogP contribution in [0.15, 0.2) is 85.2 Å². The lowest BCUT2D eigenvalue weighted by molar-refractivity contribution is -0.116. The van der Waals surface area contributed by atoms with Crippen LogP contribution < -0.4 is 5.32 Å². The number of rotatable bonds is 5. The highest BCUT2D eigenvalue weighted by Crippen LogP contribution is 2.19. The summed E-state index contributed by atoms with van der Waals surface area (Å²) in [5.41, 5.74) is 4.31. The standard InChI is InChI=1S/C21H18N2O/c24-21(23-16-18-5-4-14-22-15-18)13-10-17-8-11-20(12-9-17)19-6-2-1-3-7-19/h1-15H,16H2,(H,23,24)/b13-10+. The van der Waals surface area contributed by atoms with Crippen molar-refractivity contribution in [1.29, 1.82) is 0 Å². The molecule has 3 rings (SSSR count). The lowest BCUT2D eigenvalue weighted by Gasteiger charge is -2.03. The van der Waals surface area contributed by atoms with Gasteiger partial charge in [0, 0.05) is 25.0 Å². The van der Waals surface area contributed by atoms with E-state index in [0.29, 0.717) is 6.54 Å². The van der Waals surface area contributed by atoms with Gasteiger partial charge in [-0.05, 0) is 34.4 Å². The van der Waals surface area contributed by atoms with Gasteiger partial charge < -0.3 is 5.32 Å². The Morgan fingerprint density at radius 1 is 0.917 bits per heavy atom. The fourth-order valence-corrected chi connectivity index (χ4v) is 2.34. The van der Waals surface area contributed by atoms with Crippen molar-refractivity contribution in [2.45, 2.75) is 6.54 Å². The van der Waals surface area contributed by atoms with Crippen molar-refractivity contribution in [2.75, 3.05) is 0 Å². The van der Waals surface area contributed by atoms with Crippen molar-refractivity contribution in [3.63, 3.8) is 0 Å². The van der Waals surface area contributed by atoms with Crippen molar-refractivity contribution in [3.8, 4) is 11.1 Å². The molecule has 1 amide bonds. The van der Waals surface area contributed by atoms with Crippen LogP contribution in [0, 0.1) is 0 Å². The maximum Gasteiger partial charge on any atom is 0.244 e. The molecule has 0 saturated heterocycles. The minimum atomic E-state index is -0.119. The van der Waals surface area contributed by atoms with Gasteiger partial charge in [0.05, 0.1) is 0 Å². The van der Waals surface area contributed by atoms with E-state index in [1.165, 1.54) is 5.56 Å². The smallest absolute Gasteiger partial charge is 0.244 e. The molecule has 1 aromatic heterocycles. The molecule has 24 heavy (non-hydrogen) atoms. The zero-order valence-electron chi connectivity index (χ0n) is 13.2. The predicted molar refractivity (Wildman–Crippen MR) is 97.0 cm³/mol. The Morgan fingerprint density at radius 2 is 1.67 bits per heavy atom. The van der Waals surface area contributed by atoms with E-state index in [-0.39, 0.29) is 5.91 Å². The molecular formula is C21H18N2O. The molecule has 118 valence electrons. The SMILES string of the molecule is O=C(/C=C/c1ccc(-c2ccccc2)cc1)NCc1cccnc1. The number of pyridine rings is 1. The quantitative estimate of drug-likeness (QED) is 0.721. The van der Waals surface area contributed by atoms with Gasteiger partial charge in [0.2, 0.25) is 5.91 Å². The first-order valence-electron chi connectivity index (χ1n) is 7.81. The van der Waals surface area contributed by atoms with Crippen LogP contribution in [0.1, 0.15) is 11.1 Å². The second-order valence-electron chi connectivity index (χ2n) is 5.40. The summed E-state index contributed by atoms with van der Waals surface area (Å²) in [6.07, 6.45) is 6.82. The van der Waals surface area contributed by atoms with Crippen LogP contribution in [0.4, 0.5) is 0 Å². The maximum atomic E-state index is 11.9. The summed E-state index contributed by atoms with van der Waals surface area (Å²) >= 11 is 0. The summed E-state index contributed by atoms with van der Waals surface area (Å²) in [6, 6.07) is 22.1. The van der Waals surface area contributed by atoms with Gasteiger partial charge >= 0.3 is 0 Å². The number of amides is 1. The second kappa shape index (κ2) is 7.88. The van der Waals surface area contributed by atoms with Gasteiger partial charge in [0.15, 0.2) is 0 Å². The van der Waals surface area contributed by atoms with Crippen LogP contribution in [0.25, 0.3) is 17.2 Å². The Hall–Kier alpha value is -3.20. The molecule has 0 aliphatic rings. The number of carbonyl (C=O) groups excluding carboxylic acids is 1. The van der Waals surface area contributed by atoms with Gasteiger partial charge in [0.25, 0.3) is 0 Å². The summed E-state index contributed by atoms with van der Waals surface area (Å²) in [5, 5.41) is 2.84. The van der Waals surface area contributed by atoms with Crippen molar-refractivity contribution in [1.82, 2.24) is 10.3 Å². The summed E-state index contributed by atoms with van der Waals surface area (Å²) in [6.45, 7) is 0.476. The van der Waals surface area contributed by atoms with Crippen molar-refractivity contribution >= 4 is 12.0 Å². The summed E-state index contributed by atoms with van der Waals surface area (Å²) in [7, 11) is 0. The maximum absolute atomic E-state index is 11.9. The summed E-state index contributed by atoms with van der Waals surface area (Å²) in [4.78, 5) is 15.9. The van der Waals surface area contributed by atoms with E-state index in [1.807, 2.05) is 48.5 Å². The monoisotopic (exact) mass is 314 g/mol. The number of benzene rings is 2. The van der Waals surface area contributed by atoms with Gasteiger partial charge in [-0.15, -0.1) is 0 Å². The Kier molecular flexibility index (Phi) is 5.15. The highest BCUT2D eigenvalue weighted by molar-refractivity contribution is 5.91. The molecular weight excluding hydrogens is 296 g/mol. The van der Waals surface area contributed by atoms with Gasteiger partial charge in [-0.25, -0.2) is 0 Å².